The molecular weight excluding hydrogens is 372 g/mol. The molecule has 0 amide bonds. The van der Waals surface area contributed by atoms with Crippen LogP contribution in [0.4, 0.5) is 0 Å². The Balaban J connectivity index is 2.34. The summed E-state index contributed by atoms with van der Waals surface area (Å²) < 4.78 is 22.3. The average Bonchev–Trinajstić information content (AvgIpc) is 3.21. The van der Waals surface area contributed by atoms with Crippen LogP contribution in [-0.4, -0.2) is 26.2 Å². The van der Waals surface area contributed by atoms with Gasteiger partial charge in [-0.2, -0.15) is 0 Å². The highest BCUT2D eigenvalue weighted by atomic mass is 16.5. The second-order valence-corrected chi connectivity index (χ2v) is 6.66. The van der Waals surface area contributed by atoms with Crippen LogP contribution in [0.5, 0.6) is 23.0 Å². The Morgan fingerprint density at radius 2 is 1.48 bits per heavy atom. The maximum atomic E-state index is 11.7. The summed E-state index contributed by atoms with van der Waals surface area (Å²) >= 11 is 0. The van der Waals surface area contributed by atoms with E-state index >= 15 is 0 Å². The van der Waals surface area contributed by atoms with E-state index in [0.29, 0.717) is 22.6 Å². The number of esters is 2. The van der Waals surface area contributed by atoms with E-state index in [9.17, 15) is 9.59 Å². The van der Waals surface area contributed by atoms with Crippen molar-refractivity contribution in [1.82, 2.24) is 0 Å². The monoisotopic (exact) mass is 396 g/mol. The molecule has 1 aliphatic carbocycles. The standard InChI is InChI=1S/C23H24O6/c1-14(24)28-19-10-7-11-20(29-15(2)25)21(19)22-18(26-3)13-12-17(23(22)27-4)16-8-5-6-9-16/h7-8,10-13H,5-6,9H2,1-4H3. The fraction of sp³-hybridized carbons (Fsp3) is 0.304. The van der Waals surface area contributed by atoms with E-state index in [1.807, 2.05) is 12.1 Å². The molecule has 1 aliphatic rings. The summed E-state index contributed by atoms with van der Waals surface area (Å²) in [6, 6.07) is 8.74. The van der Waals surface area contributed by atoms with Gasteiger partial charge in [0.05, 0.1) is 25.3 Å². The number of carbonyl (C=O) groups excluding carboxylic acids is 2. The van der Waals surface area contributed by atoms with Gasteiger partial charge in [0.15, 0.2) is 0 Å². The van der Waals surface area contributed by atoms with Crippen LogP contribution in [0.15, 0.2) is 36.4 Å². The van der Waals surface area contributed by atoms with Crippen molar-refractivity contribution in [1.29, 1.82) is 0 Å². The summed E-state index contributed by atoms with van der Waals surface area (Å²) in [5.41, 5.74) is 3.11. The molecule has 0 saturated heterocycles. The molecule has 0 spiro atoms. The molecule has 0 atom stereocenters. The number of methoxy groups -OCH3 is 2. The van der Waals surface area contributed by atoms with Crippen molar-refractivity contribution in [2.24, 2.45) is 0 Å². The Kier molecular flexibility index (Phi) is 6.22. The lowest BCUT2D eigenvalue weighted by molar-refractivity contribution is -0.132. The van der Waals surface area contributed by atoms with E-state index in [1.54, 1.807) is 32.4 Å². The van der Waals surface area contributed by atoms with Crippen LogP contribution < -0.4 is 18.9 Å². The lowest BCUT2D eigenvalue weighted by Gasteiger charge is -2.21. The highest BCUT2D eigenvalue weighted by Crippen LogP contribution is 2.51. The lowest BCUT2D eigenvalue weighted by atomic mass is 9.94. The fourth-order valence-electron chi connectivity index (χ4n) is 3.59. The number of allylic oxidation sites excluding steroid dienone is 2. The van der Waals surface area contributed by atoms with Gasteiger partial charge in [0.1, 0.15) is 23.0 Å². The minimum atomic E-state index is -0.487. The fourth-order valence-corrected chi connectivity index (χ4v) is 3.59. The Labute approximate surface area is 170 Å². The molecule has 6 heteroatoms. The minimum absolute atomic E-state index is 0.255. The Morgan fingerprint density at radius 1 is 0.828 bits per heavy atom. The Bertz CT molecular complexity index is 939. The van der Waals surface area contributed by atoms with Crippen molar-refractivity contribution in [2.75, 3.05) is 14.2 Å². The first-order valence-electron chi connectivity index (χ1n) is 9.40. The number of ether oxygens (including phenoxy) is 4. The number of hydrogen-bond acceptors (Lipinski definition) is 6. The Hall–Kier alpha value is -3.28. The highest BCUT2D eigenvalue weighted by Gasteiger charge is 2.26. The molecule has 2 aromatic carbocycles. The molecule has 0 heterocycles. The first-order valence-corrected chi connectivity index (χ1v) is 9.40. The molecule has 0 aromatic heterocycles. The zero-order chi connectivity index (χ0) is 21.0. The van der Waals surface area contributed by atoms with E-state index in [0.717, 1.165) is 24.8 Å². The van der Waals surface area contributed by atoms with Crippen LogP contribution >= 0.6 is 0 Å². The molecule has 0 N–H and O–H groups in total. The third-order valence-corrected chi connectivity index (χ3v) is 4.68. The maximum Gasteiger partial charge on any atom is 0.308 e. The molecule has 0 bridgehead atoms. The number of rotatable bonds is 6. The van der Waals surface area contributed by atoms with Crippen LogP contribution in [0.2, 0.25) is 0 Å². The minimum Gasteiger partial charge on any atom is -0.496 e. The quantitative estimate of drug-likeness (QED) is 0.516. The van der Waals surface area contributed by atoms with Crippen molar-refractivity contribution < 1.29 is 28.5 Å². The van der Waals surface area contributed by atoms with Gasteiger partial charge in [-0.05, 0) is 49.1 Å². The van der Waals surface area contributed by atoms with Crippen LogP contribution in [-0.2, 0) is 9.59 Å². The molecule has 29 heavy (non-hydrogen) atoms. The van der Waals surface area contributed by atoms with Crippen LogP contribution in [0.3, 0.4) is 0 Å². The molecular formula is C23H24O6. The molecule has 3 rings (SSSR count). The largest absolute Gasteiger partial charge is 0.496 e. The van der Waals surface area contributed by atoms with Crippen LogP contribution in [0, 0.1) is 0 Å². The van der Waals surface area contributed by atoms with Crippen LogP contribution in [0.25, 0.3) is 16.7 Å². The van der Waals surface area contributed by atoms with E-state index < -0.39 is 11.9 Å². The number of hydrogen-bond donors (Lipinski definition) is 0. The van der Waals surface area contributed by atoms with Crippen molar-refractivity contribution in [3.8, 4) is 34.1 Å². The molecule has 0 aliphatic heterocycles. The normalized spacial score (nSPS) is 12.9. The average molecular weight is 396 g/mol. The number of benzene rings is 2. The summed E-state index contributed by atoms with van der Waals surface area (Å²) in [5.74, 6) is 0.621. The zero-order valence-electron chi connectivity index (χ0n) is 17.0. The summed E-state index contributed by atoms with van der Waals surface area (Å²) in [5, 5.41) is 0. The Morgan fingerprint density at radius 3 is 1.97 bits per heavy atom. The van der Waals surface area contributed by atoms with Gasteiger partial charge in [0.2, 0.25) is 0 Å². The van der Waals surface area contributed by atoms with Gasteiger partial charge in [-0.1, -0.05) is 12.1 Å². The molecule has 6 nitrogen and oxygen atoms in total. The molecule has 0 saturated carbocycles. The SMILES string of the molecule is COc1ccc(C2=CCCC2)c(OC)c1-c1c(OC(C)=O)cccc1OC(C)=O. The summed E-state index contributed by atoms with van der Waals surface area (Å²) in [6.45, 7) is 2.63. The zero-order valence-corrected chi connectivity index (χ0v) is 17.0. The van der Waals surface area contributed by atoms with Gasteiger partial charge in [0, 0.05) is 19.4 Å². The van der Waals surface area contributed by atoms with E-state index in [1.165, 1.54) is 19.4 Å². The van der Waals surface area contributed by atoms with Gasteiger partial charge >= 0.3 is 11.9 Å². The molecule has 0 fully saturated rings. The van der Waals surface area contributed by atoms with E-state index in [4.69, 9.17) is 18.9 Å². The molecule has 0 radical (unpaired) electrons. The molecule has 152 valence electrons. The van der Waals surface area contributed by atoms with E-state index in [2.05, 4.69) is 6.08 Å². The van der Waals surface area contributed by atoms with Crippen LogP contribution in [0.1, 0.15) is 38.7 Å². The smallest absolute Gasteiger partial charge is 0.308 e. The predicted molar refractivity (Wildman–Crippen MR) is 109 cm³/mol. The maximum absolute atomic E-state index is 11.7. The third kappa shape index (κ3) is 4.26. The predicted octanol–water partition coefficient (Wildman–Crippen LogP) is 4.79. The van der Waals surface area contributed by atoms with Gasteiger partial charge in [-0.3, -0.25) is 9.59 Å². The second kappa shape index (κ2) is 8.82. The lowest BCUT2D eigenvalue weighted by Crippen LogP contribution is -2.08. The topological polar surface area (TPSA) is 71.1 Å². The van der Waals surface area contributed by atoms with E-state index in [-0.39, 0.29) is 11.5 Å². The first-order chi connectivity index (χ1) is 14.0. The number of carbonyl (C=O) groups is 2. The van der Waals surface area contributed by atoms with Gasteiger partial charge < -0.3 is 18.9 Å². The van der Waals surface area contributed by atoms with Crippen molar-refractivity contribution in [3.05, 3.63) is 42.0 Å². The molecule has 0 unspecified atom stereocenters. The summed E-state index contributed by atoms with van der Waals surface area (Å²) in [4.78, 5) is 23.4. The van der Waals surface area contributed by atoms with Gasteiger partial charge in [0.25, 0.3) is 0 Å². The van der Waals surface area contributed by atoms with Gasteiger partial charge in [-0.15, -0.1) is 0 Å². The van der Waals surface area contributed by atoms with Crippen molar-refractivity contribution >= 4 is 17.5 Å². The molecule has 2 aromatic rings. The van der Waals surface area contributed by atoms with Gasteiger partial charge in [-0.25, -0.2) is 0 Å². The first kappa shape index (κ1) is 20.5. The highest BCUT2D eigenvalue weighted by molar-refractivity contribution is 5.92. The van der Waals surface area contributed by atoms with Crippen molar-refractivity contribution in [3.63, 3.8) is 0 Å². The van der Waals surface area contributed by atoms with Crippen molar-refractivity contribution in [2.45, 2.75) is 33.1 Å². The summed E-state index contributed by atoms with van der Waals surface area (Å²) in [7, 11) is 3.13. The third-order valence-electron chi connectivity index (χ3n) is 4.68. The second-order valence-electron chi connectivity index (χ2n) is 6.66. The summed E-state index contributed by atoms with van der Waals surface area (Å²) in [6.07, 6.45) is 5.24.